The predicted octanol–water partition coefficient (Wildman–Crippen LogP) is 1.42. The number of carboxylic acids is 1. The van der Waals surface area contributed by atoms with Crippen molar-refractivity contribution >= 4 is 35.2 Å². The fraction of sp³-hybridized carbons (Fsp3) is 0.357. The summed E-state index contributed by atoms with van der Waals surface area (Å²) in [4.78, 5) is 37.4. The molecule has 6 nitrogen and oxygen atoms in total. The minimum absolute atomic E-state index is 0.0957. The zero-order valence-corrected chi connectivity index (χ0v) is 12.0. The van der Waals surface area contributed by atoms with Crippen LogP contribution >= 0.6 is 11.8 Å². The van der Waals surface area contributed by atoms with Gasteiger partial charge >= 0.3 is 5.97 Å². The molecule has 0 bridgehead atoms. The maximum Gasteiger partial charge on any atom is 0.326 e. The van der Waals surface area contributed by atoms with E-state index in [1.165, 1.54) is 16.7 Å². The third kappa shape index (κ3) is 2.61. The average molecular weight is 306 g/mol. The van der Waals surface area contributed by atoms with Gasteiger partial charge in [0.05, 0.1) is 11.4 Å². The zero-order chi connectivity index (χ0) is 15.0. The van der Waals surface area contributed by atoms with Gasteiger partial charge in [0, 0.05) is 17.0 Å². The van der Waals surface area contributed by atoms with E-state index in [4.69, 9.17) is 5.11 Å². The lowest BCUT2D eigenvalue weighted by atomic mass is 10.1. The minimum atomic E-state index is -0.970. The molecule has 21 heavy (non-hydrogen) atoms. The van der Waals surface area contributed by atoms with Crippen LogP contribution in [0.25, 0.3) is 0 Å². The molecule has 2 heterocycles. The summed E-state index contributed by atoms with van der Waals surface area (Å²) >= 11 is 1.42. The molecule has 0 spiro atoms. The number of nitrogens with one attached hydrogen (secondary N) is 1. The number of fused-ring (bicyclic) bond motifs is 1. The SMILES string of the molecule is O=C1CSc2ccc(C(=O)N3CCCC3C(=O)O)cc2N1. The summed E-state index contributed by atoms with van der Waals surface area (Å²) in [6.45, 7) is 0.452. The summed E-state index contributed by atoms with van der Waals surface area (Å²) in [5.41, 5.74) is 1.03. The summed E-state index contributed by atoms with van der Waals surface area (Å²) in [5, 5.41) is 11.9. The van der Waals surface area contributed by atoms with Gasteiger partial charge in [-0.25, -0.2) is 4.79 Å². The molecular weight excluding hydrogens is 292 g/mol. The number of nitrogens with zero attached hydrogens (tertiary/aromatic N) is 1. The van der Waals surface area contributed by atoms with Crippen LogP contribution < -0.4 is 5.32 Å². The molecule has 0 aromatic heterocycles. The lowest BCUT2D eigenvalue weighted by Gasteiger charge is -2.23. The molecule has 0 radical (unpaired) electrons. The molecule has 2 amide bonds. The number of carboxylic acid groups (broad SMARTS) is 1. The number of thioether (sulfide) groups is 1. The third-order valence-corrected chi connectivity index (χ3v) is 4.73. The second-order valence-electron chi connectivity index (χ2n) is 5.04. The maximum absolute atomic E-state index is 12.5. The highest BCUT2D eigenvalue weighted by Crippen LogP contribution is 2.32. The third-order valence-electron chi connectivity index (χ3n) is 3.66. The summed E-state index contributed by atoms with van der Waals surface area (Å²) in [6.07, 6.45) is 1.18. The van der Waals surface area contributed by atoms with Gasteiger partial charge in [0.25, 0.3) is 5.91 Å². The maximum atomic E-state index is 12.5. The highest BCUT2D eigenvalue weighted by Gasteiger charge is 2.34. The first-order valence-electron chi connectivity index (χ1n) is 6.67. The van der Waals surface area contributed by atoms with Crippen LogP contribution in [0.2, 0.25) is 0 Å². The summed E-state index contributed by atoms with van der Waals surface area (Å²) in [6, 6.07) is 4.35. The second-order valence-corrected chi connectivity index (χ2v) is 6.06. The Morgan fingerprint density at radius 3 is 2.95 bits per heavy atom. The van der Waals surface area contributed by atoms with E-state index in [-0.39, 0.29) is 11.8 Å². The number of hydrogen-bond donors (Lipinski definition) is 2. The predicted molar refractivity (Wildman–Crippen MR) is 77.5 cm³/mol. The van der Waals surface area contributed by atoms with Gasteiger partial charge in [-0.2, -0.15) is 0 Å². The van der Waals surface area contributed by atoms with E-state index in [0.717, 1.165) is 4.90 Å². The Morgan fingerprint density at radius 1 is 1.38 bits per heavy atom. The lowest BCUT2D eigenvalue weighted by Crippen LogP contribution is -2.40. The van der Waals surface area contributed by atoms with Crippen LogP contribution in [0.3, 0.4) is 0 Å². The molecule has 2 aliphatic heterocycles. The van der Waals surface area contributed by atoms with E-state index in [0.29, 0.717) is 36.4 Å². The van der Waals surface area contributed by atoms with E-state index in [1.54, 1.807) is 18.2 Å². The van der Waals surface area contributed by atoms with Crippen LogP contribution in [0.15, 0.2) is 23.1 Å². The number of benzene rings is 1. The van der Waals surface area contributed by atoms with Gasteiger partial charge in [-0.1, -0.05) is 0 Å². The van der Waals surface area contributed by atoms with Gasteiger partial charge in [0.15, 0.2) is 0 Å². The Morgan fingerprint density at radius 2 is 2.19 bits per heavy atom. The van der Waals surface area contributed by atoms with E-state index in [9.17, 15) is 14.4 Å². The molecule has 1 saturated heterocycles. The molecule has 2 N–H and O–H groups in total. The van der Waals surface area contributed by atoms with Crippen LogP contribution in [-0.4, -0.2) is 46.1 Å². The molecular formula is C14H14N2O4S. The molecule has 0 saturated carbocycles. The van der Waals surface area contributed by atoms with Gasteiger partial charge < -0.3 is 15.3 Å². The van der Waals surface area contributed by atoms with Gasteiger partial charge in [0.2, 0.25) is 5.91 Å². The smallest absolute Gasteiger partial charge is 0.326 e. The normalized spacial score (nSPS) is 20.9. The number of anilines is 1. The molecule has 7 heteroatoms. The monoisotopic (exact) mass is 306 g/mol. The quantitative estimate of drug-likeness (QED) is 0.863. The fourth-order valence-corrected chi connectivity index (χ4v) is 3.44. The van der Waals surface area contributed by atoms with Crippen molar-refractivity contribution in [3.63, 3.8) is 0 Å². The van der Waals surface area contributed by atoms with E-state index in [2.05, 4.69) is 5.32 Å². The van der Waals surface area contributed by atoms with E-state index >= 15 is 0 Å². The summed E-state index contributed by atoms with van der Waals surface area (Å²) < 4.78 is 0. The molecule has 1 unspecified atom stereocenters. The van der Waals surface area contributed by atoms with Crippen molar-refractivity contribution in [3.05, 3.63) is 23.8 Å². The number of amides is 2. The van der Waals surface area contributed by atoms with Crippen molar-refractivity contribution in [2.24, 2.45) is 0 Å². The van der Waals surface area contributed by atoms with Crippen molar-refractivity contribution in [3.8, 4) is 0 Å². The van der Waals surface area contributed by atoms with Crippen LogP contribution in [0.5, 0.6) is 0 Å². The van der Waals surface area contributed by atoms with Gasteiger partial charge in [-0.15, -0.1) is 11.8 Å². The number of likely N-dealkylation sites (tertiary alicyclic amines) is 1. The molecule has 1 aromatic rings. The highest BCUT2D eigenvalue weighted by atomic mass is 32.2. The zero-order valence-electron chi connectivity index (χ0n) is 11.2. The standard InChI is InChI=1S/C14H14N2O4S/c17-12-7-21-11-4-3-8(6-9(11)15-12)13(18)16-5-1-2-10(16)14(19)20/h3-4,6,10H,1-2,5,7H2,(H,15,17)(H,19,20). The Kier molecular flexibility index (Phi) is 3.59. The van der Waals surface area contributed by atoms with Crippen molar-refractivity contribution in [2.45, 2.75) is 23.8 Å². The molecule has 1 atom stereocenters. The Labute approximate surface area is 125 Å². The van der Waals surface area contributed by atoms with Gasteiger partial charge in [0.1, 0.15) is 6.04 Å². The first-order chi connectivity index (χ1) is 10.1. The van der Waals surface area contributed by atoms with Gasteiger partial charge in [-0.05, 0) is 31.0 Å². The number of carbonyl (C=O) groups is 3. The number of carbonyl (C=O) groups excluding carboxylic acids is 2. The van der Waals surface area contributed by atoms with Crippen LogP contribution in [0.4, 0.5) is 5.69 Å². The van der Waals surface area contributed by atoms with Crippen LogP contribution in [0, 0.1) is 0 Å². The second kappa shape index (κ2) is 5.40. The van der Waals surface area contributed by atoms with Crippen LogP contribution in [0.1, 0.15) is 23.2 Å². The molecule has 0 aliphatic carbocycles. The van der Waals surface area contributed by atoms with Crippen molar-refractivity contribution in [2.75, 3.05) is 17.6 Å². The Balaban J connectivity index is 1.87. The molecule has 1 fully saturated rings. The average Bonchev–Trinajstić information content (AvgIpc) is 2.95. The van der Waals surface area contributed by atoms with Crippen molar-refractivity contribution in [1.82, 2.24) is 4.90 Å². The number of aliphatic carboxylic acids is 1. The van der Waals surface area contributed by atoms with Crippen molar-refractivity contribution in [1.29, 1.82) is 0 Å². The lowest BCUT2D eigenvalue weighted by molar-refractivity contribution is -0.141. The van der Waals surface area contributed by atoms with Crippen LogP contribution in [-0.2, 0) is 9.59 Å². The first kappa shape index (κ1) is 13.9. The summed E-state index contributed by atoms with van der Waals surface area (Å²) in [5.74, 6) is -0.995. The molecule has 2 aliphatic rings. The summed E-state index contributed by atoms with van der Waals surface area (Å²) in [7, 11) is 0. The largest absolute Gasteiger partial charge is 0.480 e. The topological polar surface area (TPSA) is 86.7 Å². The Hall–Kier alpha value is -2.02. The molecule has 3 rings (SSSR count). The highest BCUT2D eigenvalue weighted by molar-refractivity contribution is 8.00. The molecule has 1 aromatic carbocycles. The van der Waals surface area contributed by atoms with E-state index < -0.39 is 12.0 Å². The number of hydrogen-bond acceptors (Lipinski definition) is 4. The Bertz CT molecular complexity index is 631. The van der Waals surface area contributed by atoms with Gasteiger partial charge in [-0.3, -0.25) is 9.59 Å². The molecule has 110 valence electrons. The van der Waals surface area contributed by atoms with E-state index in [1.807, 2.05) is 0 Å². The van der Waals surface area contributed by atoms with Crippen molar-refractivity contribution < 1.29 is 19.5 Å². The first-order valence-corrected chi connectivity index (χ1v) is 7.65. The fourth-order valence-electron chi connectivity index (χ4n) is 2.65. The number of rotatable bonds is 2. The minimum Gasteiger partial charge on any atom is -0.480 e.